The van der Waals surface area contributed by atoms with Crippen molar-refractivity contribution in [3.8, 4) is 11.3 Å². The molecule has 2 heterocycles. The smallest absolute Gasteiger partial charge is 0.387 e. The molecule has 1 fully saturated rings. The summed E-state index contributed by atoms with van der Waals surface area (Å²) in [7, 11) is -16.9. The average Bonchev–Trinajstić information content (AvgIpc) is 2.83. The van der Waals surface area contributed by atoms with Gasteiger partial charge in [0.2, 0.25) is 0 Å². The van der Waals surface area contributed by atoms with E-state index in [1.54, 1.807) is 0 Å². The van der Waals surface area contributed by atoms with Gasteiger partial charge >= 0.3 is 29.2 Å². The number of nitrogens with two attached hydrogens (primary N) is 2. The number of halogens is 1. The number of anilines is 1. The van der Waals surface area contributed by atoms with Crippen molar-refractivity contribution in [2.24, 2.45) is 5.73 Å². The van der Waals surface area contributed by atoms with E-state index in [0.29, 0.717) is 0 Å². The van der Waals surface area contributed by atoms with Gasteiger partial charge in [-0.25, -0.2) is 18.5 Å². The molecule has 0 aliphatic carbocycles. The van der Waals surface area contributed by atoms with Gasteiger partial charge in [-0.3, -0.25) is 9.09 Å². The number of rotatable bonds is 8. The van der Waals surface area contributed by atoms with Crippen LogP contribution in [0, 0.1) is 11.3 Å². The number of aromatic nitrogens is 2. The third-order valence-electron chi connectivity index (χ3n) is 4.04. The molecule has 17 nitrogen and oxygen atoms in total. The quantitative estimate of drug-likeness (QED) is 0.145. The SMILES string of the molecule is C[C@@H](OP(=O)(O)OP(=O)(O)OP(=O)(O)O)[C@H]1O[C@@H](n2ccc(N)nc2=O)C(N)(C#CCl)[C@H]1O. The van der Waals surface area contributed by atoms with E-state index in [1.807, 2.05) is 5.38 Å². The van der Waals surface area contributed by atoms with Crippen molar-refractivity contribution in [1.29, 1.82) is 0 Å². The molecule has 1 aromatic heterocycles. The third-order valence-corrected chi connectivity index (χ3v) is 8.06. The maximum Gasteiger partial charge on any atom is 0.490 e. The van der Waals surface area contributed by atoms with E-state index in [1.165, 1.54) is 6.07 Å². The van der Waals surface area contributed by atoms with Gasteiger partial charge in [-0.15, -0.1) is 0 Å². The Bertz CT molecular complexity index is 1160. The summed E-state index contributed by atoms with van der Waals surface area (Å²) in [5.74, 6) is 2.12. The summed E-state index contributed by atoms with van der Waals surface area (Å²) < 4.78 is 52.4. The van der Waals surface area contributed by atoms with Crippen molar-refractivity contribution < 1.29 is 56.3 Å². The lowest BCUT2D eigenvalue weighted by atomic mass is 9.90. The minimum Gasteiger partial charge on any atom is -0.387 e. The number of nitrogen functional groups attached to an aromatic ring is 1. The van der Waals surface area contributed by atoms with Gasteiger partial charge in [-0.1, -0.05) is 5.92 Å². The molecule has 33 heavy (non-hydrogen) atoms. The second-order valence-corrected chi connectivity index (χ2v) is 11.1. The third kappa shape index (κ3) is 6.92. The Balaban J connectivity index is 2.31. The van der Waals surface area contributed by atoms with Gasteiger partial charge in [0, 0.05) is 11.6 Å². The van der Waals surface area contributed by atoms with Crippen molar-refractivity contribution in [1.82, 2.24) is 9.55 Å². The monoisotopic (exact) mass is 554 g/mol. The summed E-state index contributed by atoms with van der Waals surface area (Å²) in [6.07, 6.45) is -5.60. The van der Waals surface area contributed by atoms with Gasteiger partial charge in [0.05, 0.1) is 6.10 Å². The number of hydrogen-bond donors (Lipinski definition) is 7. The summed E-state index contributed by atoms with van der Waals surface area (Å²) >= 11 is 5.41. The predicted molar refractivity (Wildman–Crippen MR) is 108 cm³/mol. The molecule has 1 aromatic rings. The molecule has 1 aliphatic heterocycles. The van der Waals surface area contributed by atoms with Gasteiger partial charge < -0.3 is 40.9 Å². The maximum atomic E-state index is 12.2. The van der Waals surface area contributed by atoms with Crippen LogP contribution in [0.15, 0.2) is 17.1 Å². The maximum absolute atomic E-state index is 12.2. The fraction of sp³-hybridized carbons (Fsp3) is 0.500. The van der Waals surface area contributed by atoms with Crippen LogP contribution < -0.4 is 17.2 Å². The van der Waals surface area contributed by atoms with E-state index in [9.17, 15) is 33.4 Å². The average molecular weight is 555 g/mol. The summed E-state index contributed by atoms with van der Waals surface area (Å²) in [4.78, 5) is 51.7. The van der Waals surface area contributed by atoms with Crippen LogP contribution in [-0.2, 0) is 31.6 Å². The van der Waals surface area contributed by atoms with Gasteiger partial charge in [0.25, 0.3) is 0 Å². The Morgan fingerprint density at radius 3 is 2.39 bits per heavy atom. The molecule has 2 rings (SSSR count). The van der Waals surface area contributed by atoms with E-state index < -0.39 is 59.2 Å². The number of hydrogen-bond acceptors (Lipinski definition) is 12. The molecule has 0 spiro atoms. The van der Waals surface area contributed by atoms with E-state index in [4.69, 9.17) is 37.6 Å². The van der Waals surface area contributed by atoms with Crippen LogP contribution in [0.25, 0.3) is 0 Å². The predicted octanol–water partition coefficient (Wildman–Crippen LogP) is -1.29. The van der Waals surface area contributed by atoms with E-state index >= 15 is 0 Å². The fourth-order valence-corrected chi connectivity index (χ4v) is 6.17. The van der Waals surface area contributed by atoms with Crippen LogP contribution >= 0.6 is 35.1 Å². The van der Waals surface area contributed by atoms with Crippen molar-refractivity contribution in [2.75, 3.05) is 5.73 Å². The molecule has 0 saturated carbocycles. The summed E-state index contributed by atoms with van der Waals surface area (Å²) in [5.41, 5.74) is 8.47. The highest BCUT2D eigenvalue weighted by Crippen LogP contribution is 2.66. The molecule has 9 N–H and O–H groups in total. The first-order valence-corrected chi connectivity index (χ1v) is 13.2. The minimum absolute atomic E-state index is 0.140. The molecule has 0 radical (unpaired) electrons. The van der Waals surface area contributed by atoms with Crippen molar-refractivity contribution >= 4 is 40.9 Å². The Morgan fingerprint density at radius 2 is 1.88 bits per heavy atom. The van der Waals surface area contributed by atoms with E-state index in [-0.39, 0.29) is 5.82 Å². The molecule has 186 valence electrons. The first-order valence-electron chi connectivity index (χ1n) is 8.33. The number of phosphoric acid groups is 3. The van der Waals surface area contributed by atoms with Crippen LogP contribution in [0.3, 0.4) is 0 Å². The number of phosphoric ester groups is 1. The van der Waals surface area contributed by atoms with Crippen LogP contribution in [0.2, 0.25) is 0 Å². The Hall–Kier alpha value is -1.18. The number of ether oxygens (including phenoxy) is 1. The van der Waals surface area contributed by atoms with Gasteiger partial charge in [0.1, 0.15) is 18.0 Å². The lowest BCUT2D eigenvalue weighted by Gasteiger charge is -2.28. The van der Waals surface area contributed by atoms with Gasteiger partial charge in [-0.2, -0.15) is 13.6 Å². The zero-order valence-electron chi connectivity index (χ0n) is 16.2. The first kappa shape index (κ1) is 28.1. The lowest BCUT2D eigenvalue weighted by Crippen LogP contribution is -2.55. The highest BCUT2D eigenvalue weighted by atomic mass is 35.5. The molecule has 3 unspecified atom stereocenters. The second-order valence-electron chi connectivity index (χ2n) is 6.49. The second kappa shape index (κ2) is 9.82. The molecule has 0 bridgehead atoms. The Morgan fingerprint density at radius 1 is 1.27 bits per heavy atom. The molecule has 21 heteroatoms. The molecular weight excluding hydrogens is 537 g/mol. The van der Waals surface area contributed by atoms with Crippen molar-refractivity contribution in [3.63, 3.8) is 0 Å². The summed E-state index contributed by atoms with van der Waals surface area (Å²) in [6, 6.07) is 1.20. The zero-order valence-corrected chi connectivity index (χ0v) is 19.7. The lowest BCUT2D eigenvalue weighted by molar-refractivity contribution is -0.0754. The van der Waals surface area contributed by atoms with Crippen molar-refractivity contribution in [3.05, 3.63) is 22.7 Å². The molecular formula is C12H18ClN4O13P3. The van der Waals surface area contributed by atoms with Crippen LogP contribution in [0.1, 0.15) is 13.2 Å². The molecule has 0 aromatic carbocycles. The molecule has 0 amide bonds. The van der Waals surface area contributed by atoms with E-state index in [0.717, 1.165) is 17.7 Å². The van der Waals surface area contributed by atoms with Crippen LogP contribution in [-0.4, -0.2) is 58.1 Å². The largest absolute Gasteiger partial charge is 0.490 e. The normalized spacial score (nSPS) is 30.0. The molecule has 1 aliphatic rings. The highest BCUT2D eigenvalue weighted by Gasteiger charge is 2.57. The highest BCUT2D eigenvalue weighted by molar-refractivity contribution is 7.66. The standard InChI is InChI=1S/C12H18ClN4O13P3/c1-6(28-32(23,24)30-33(25,26)29-31(20,21)22)8-9(18)12(15,3-4-13)10(27-8)17-5-2-7(14)16-11(17)19/h2,5-6,8-10,18H,15H2,1H3,(H,23,24)(H,25,26)(H2,14,16,19)(H2,20,21,22)/t6-,8-,9+,10-,12?/m1/s1. The van der Waals surface area contributed by atoms with Crippen molar-refractivity contribution in [2.45, 2.75) is 37.0 Å². The number of nitrogens with zero attached hydrogens (tertiary/aromatic N) is 2. The topological polar surface area (TPSA) is 276 Å². The Kier molecular flexibility index (Phi) is 8.35. The summed E-state index contributed by atoms with van der Waals surface area (Å²) in [6.45, 7) is 1.03. The Labute approximate surface area is 189 Å². The molecule has 1 saturated heterocycles. The van der Waals surface area contributed by atoms with Gasteiger partial charge in [-0.05, 0) is 24.6 Å². The van der Waals surface area contributed by atoms with Crippen LogP contribution in [0.4, 0.5) is 5.82 Å². The summed E-state index contributed by atoms with van der Waals surface area (Å²) in [5, 5.41) is 12.6. The number of aliphatic hydroxyl groups is 1. The van der Waals surface area contributed by atoms with Crippen LogP contribution in [0.5, 0.6) is 0 Å². The zero-order chi connectivity index (χ0) is 25.4. The van der Waals surface area contributed by atoms with E-state index in [2.05, 4.69) is 24.0 Å². The molecule has 7 atom stereocenters. The number of aliphatic hydroxyl groups excluding tert-OH is 1. The fourth-order valence-electron chi connectivity index (χ4n) is 2.81. The first-order chi connectivity index (χ1) is 14.9. The van der Waals surface area contributed by atoms with Gasteiger partial charge in [0.15, 0.2) is 11.8 Å². The minimum atomic E-state index is -5.78.